The summed E-state index contributed by atoms with van der Waals surface area (Å²) in [5.41, 5.74) is 3.03. The molecule has 9 heteroatoms. The molecule has 0 unspecified atom stereocenters. The number of hydrogen-bond acceptors (Lipinski definition) is 5. The van der Waals surface area contributed by atoms with Gasteiger partial charge in [0.2, 0.25) is 5.91 Å². The number of anilines is 1. The highest BCUT2D eigenvalue weighted by Crippen LogP contribution is 2.41. The van der Waals surface area contributed by atoms with Crippen LogP contribution >= 0.6 is 11.6 Å². The number of hydrogen-bond donors (Lipinski definition) is 0. The van der Waals surface area contributed by atoms with Crippen LogP contribution in [0.15, 0.2) is 71.6 Å². The highest BCUT2D eigenvalue weighted by atomic mass is 35.5. The molecule has 1 saturated heterocycles. The minimum absolute atomic E-state index is 0.0297. The van der Waals surface area contributed by atoms with Gasteiger partial charge in [-0.25, -0.2) is 8.42 Å². The highest BCUT2D eigenvalue weighted by Gasteiger charge is 2.35. The van der Waals surface area contributed by atoms with Crippen LogP contribution in [0.3, 0.4) is 0 Å². The van der Waals surface area contributed by atoms with Gasteiger partial charge in [-0.05, 0) is 66.4 Å². The third-order valence-electron chi connectivity index (χ3n) is 6.67. The third-order valence-corrected chi connectivity index (χ3v) is 8.68. The Labute approximate surface area is 222 Å². The van der Waals surface area contributed by atoms with Crippen LogP contribution in [0, 0.1) is 6.92 Å². The van der Waals surface area contributed by atoms with Crippen molar-refractivity contribution in [1.82, 2.24) is 4.90 Å². The van der Waals surface area contributed by atoms with Crippen molar-refractivity contribution in [3.63, 3.8) is 0 Å². The van der Waals surface area contributed by atoms with E-state index in [1.54, 1.807) is 35.2 Å². The quantitative estimate of drug-likeness (QED) is 0.444. The maximum Gasteiger partial charge on any atom is 0.264 e. The second-order valence-electron chi connectivity index (χ2n) is 9.32. The molecule has 0 saturated carbocycles. The Balaban J connectivity index is 1.47. The molecule has 3 aromatic rings. The van der Waals surface area contributed by atoms with Crippen LogP contribution in [-0.4, -0.2) is 58.2 Å². The van der Waals surface area contributed by atoms with Gasteiger partial charge in [0.05, 0.1) is 30.3 Å². The number of carbonyl (C=O) groups is 1. The number of amides is 1. The summed E-state index contributed by atoms with van der Waals surface area (Å²) < 4.78 is 40.8. The van der Waals surface area contributed by atoms with Crippen LogP contribution in [0.4, 0.5) is 5.69 Å². The third kappa shape index (κ3) is 5.61. The predicted octanol–water partition coefficient (Wildman–Crippen LogP) is 4.91. The van der Waals surface area contributed by atoms with E-state index in [-0.39, 0.29) is 23.8 Å². The number of rotatable bonds is 6. The van der Waals surface area contributed by atoms with Crippen molar-refractivity contribution < 1.29 is 22.7 Å². The summed E-state index contributed by atoms with van der Waals surface area (Å²) in [5, 5.41) is 0.598. The molecule has 1 atom stereocenters. The molecule has 0 bridgehead atoms. The van der Waals surface area contributed by atoms with Crippen LogP contribution in [0.1, 0.15) is 18.4 Å². The SMILES string of the molecule is Cc1cccc(S(=O)(=O)N2C[C@H](CCC(=O)N3CCOCC3)Oc3ccc(-c4cccc(Cl)c4)cc32)c1. The molecule has 7 nitrogen and oxygen atoms in total. The average Bonchev–Trinajstić information content (AvgIpc) is 2.91. The molecule has 1 fully saturated rings. The lowest BCUT2D eigenvalue weighted by Gasteiger charge is -2.36. The fourth-order valence-electron chi connectivity index (χ4n) is 4.70. The Morgan fingerprint density at radius 1 is 1.00 bits per heavy atom. The highest BCUT2D eigenvalue weighted by molar-refractivity contribution is 7.92. The van der Waals surface area contributed by atoms with Crippen LogP contribution in [0.5, 0.6) is 5.75 Å². The fourth-order valence-corrected chi connectivity index (χ4v) is 6.49. The Bertz CT molecular complexity index is 1410. The fraction of sp³-hybridized carbons (Fsp3) is 0.321. The number of nitrogens with zero attached hydrogens (tertiary/aromatic N) is 2. The van der Waals surface area contributed by atoms with Crippen molar-refractivity contribution in [2.45, 2.75) is 30.8 Å². The summed E-state index contributed by atoms with van der Waals surface area (Å²) >= 11 is 6.20. The molecule has 0 aliphatic carbocycles. The van der Waals surface area contributed by atoms with Gasteiger partial charge in [0, 0.05) is 24.5 Å². The average molecular weight is 541 g/mol. The zero-order valence-electron chi connectivity index (χ0n) is 20.6. The number of ether oxygens (including phenoxy) is 2. The first kappa shape index (κ1) is 25.6. The molecule has 0 aromatic heterocycles. The van der Waals surface area contributed by atoms with E-state index in [9.17, 15) is 13.2 Å². The van der Waals surface area contributed by atoms with Gasteiger partial charge in [-0.15, -0.1) is 0 Å². The van der Waals surface area contributed by atoms with Crippen LogP contribution < -0.4 is 9.04 Å². The molecule has 2 aliphatic heterocycles. The number of sulfonamides is 1. The molecule has 0 spiro atoms. The molecule has 3 aromatic carbocycles. The van der Waals surface area contributed by atoms with Gasteiger partial charge in [-0.2, -0.15) is 0 Å². The normalized spacial score (nSPS) is 17.7. The summed E-state index contributed by atoms with van der Waals surface area (Å²) in [5.74, 6) is 0.499. The molecule has 37 heavy (non-hydrogen) atoms. The van der Waals surface area contributed by atoms with Gasteiger partial charge in [0.15, 0.2) is 0 Å². The van der Waals surface area contributed by atoms with E-state index < -0.39 is 16.1 Å². The second kappa shape index (κ2) is 10.7. The smallest absolute Gasteiger partial charge is 0.264 e. The minimum atomic E-state index is -3.88. The molecule has 2 aliphatic rings. The Hall–Kier alpha value is -3.07. The van der Waals surface area contributed by atoms with E-state index in [1.165, 1.54) is 4.31 Å². The van der Waals surface area contributed by atoms with Crippen molar-refractivity contribution in [3.8, 4) is 16.9 Å². The summed E-state index contributed by atoms with van der Waals surface area (Å²) in [6, 6.07) is 19.8. The first-order valence-electron chi connectivity index (χ1n) is 12.3. The van der Waals surface area contributed by atoms with Gasteiger partial charge in [0.1, 0.15) is 11.9 Å². The molecule has 0 radical (unpaired) electrons. The zero-order chi connectivity index (χ0) is 26.0. The Morgan fingerprint density at radius 2 is 1.76 bits per heavy atom. The maximum absolute atomic E-state index is 13.9. The van der Waals surface area contributed by atoms with E-state index in [1.807, 2.05) is 43.3 Å². The van der Waals surface area contributed by atoms with E-state index in [0.29, 0.717) is 49.2 Å². The van der Waals surface area contributed by atoms with Crippen molar-refractivity contribution in [2.75, 3.05) is 37.2 Å². The predicted molar refractivity (Wildman–Crippen MR) is 144 cm³/mol. The Kier molecular flexibility index (Phi) is 7.42. The van der Waals surface area contributed by atoms with E-state index >= 15 is 0 Å². The zero-order valence-corrected chi connectivity index (χ0v) is 22.2. The number of morpholine rings is 1. The monoisotopic (exact) mass is 540 g/mol. The summed E-state index contributed by atoms with van der Waals surface area (Å²) in [6.07, 6.45) is 0.221. The lowest BCUT2D eigenvalue weighted by atomic mass is 10.0. The van der Waals surface area contributed by atoms with E-state index in [4.69, 9.17) is 21.1 Å². The molecule has 194 valence electrons. The lowest BCUT2D eigenvalue weighted by Crippen LogP contribution is -2.45. The van der Waals surface area contributed by atoms with Gasteiger partial charge < -0.3 is 14.4 Å². The van der Waals surface area contributed by atoms with Crippen molar-refractivity contribution in [3.05, 3.63) is 77.3 Å². The van der Waals surface area contributed by atoms with E-state index in [0.717, 1.165) is 16.7 Å². The largest absolute Gasteiger partial charge is 0.486 e. The molecule has 5 rings (SSSR count). The van der Waals surface area contributed by atoms with Gasteiger partial charge >= 0.3 is 0 Å². The number of aryl methyl sites for hydroxylation is 1. The van der Waals surface area contributed by atoms with Crippen LogP contribution in [0.2, 0.25) is 5.02 Å². The topological polar surface area (TPSA) is 76.2 Å². The lowest BCUT2D eigenvalue weighted by molar-refractivity contribution is -0.135. The maximum atomic E-state index is 13.9. The first-order valence-corrected chi connectivity index (χ1v) is 14.1. The molecule has 2 heterocycles. The Morgan fingerprint density at radius 3 is 2.51 bits per heavy atom. The first-order chi connectivity index (χ1) is 17.8. The standard InChI is InChI=1S/C28H29ClN2O5S/c1-20-4-2-7-25(16-20)37(33,34)31-19-24(9-11-28(32)30-12-14-35-15-13-30)36-27-10-8-22(18-26(27)31)21-5-3-6-23(29)17-21/h2-8,10,16-18,24H,9,11-15,19H2,1H3/t24-/m0/s1. The van der Waals surface area contributed by atoms with Crippen LogP contribution in [0.25, 0.3) is 11.1 Å². The summed E-state index contributed by atoms with van der Waals surface area (Å²) in [4.78, 5) is 14.7. The van der Waals surface area contributed by atoms with E-state index in [2.05, 4.69) is 0 Å². The summed E-state index contributed by atoms with van der Waals surface area (Å²) in [7, 11) is -3.88. The second-order valence-corrected chi connectivity index (χ2v) is 11.6. The van der Waals surface area contributed by atoms with Crippen molar-refractivity contribution in [1.29, 1.82) is 0 Å². The van der Waals surface area contributed by atoms with Crippen LogP contribution in [-0.2, 0) is 19.6 Å². The minimum Gasteiger partial charge on any atom is -0.486 e. The molecular formula is C28H29ClN2O5S. The van der Waals surface area contributed by atoms with Gasteiger partial charge in [-0.1, -0.05) is 41.9 Å². The van der Waals surface area contributed by atoms with Gasteiger partial charge in [-0.3, -0.25) is 9.10 Å². The number of fused-ring (bicyclic) bond motifs is 1. The molecule has 0 N–H and O–H groups in total. The van der Waals surface area contributed by atoms with Gasteiger partial charge in [0.25, 0.3) is 10.0 Å². The van der Waals surface area contributed by atoms with Crippen molar-refractivity contribution in [2.24, 2.45) is 0 Å². The number of benzene rings is 3. The number of halogens is 1. The number of carbonyl (C=O) groups excluding carboxylic acids is 1. The summed E-state index contributed by atoms with van der Waals surface area (Å²) in [6.45, 7) is 4.20. The molecular weight excluding hydrogens is 512 g/mol. The molecule has 1 amide bonds. The van der Waals surface area contributed by atoms with Crippen molar-refractivity contribution >= 4 is 33.2 Å².